The summed E-state index contributed by atoms with van der Waals surface area (Å²) in [5.41, 5.74) is 1.25. The number of benzene rings is 2. The largest absolute Gasteiger partial charge is 0.477 e. The summed E-state index contributed by atoms with van der Waals surface area (Å²) in [7, 11) is -3.78. The molecule has 0 spiro atoms. The quantitative estimate of drug-likeness (QED) is 0.582. The van der Waals surface area contributed by atoms with Gasteiger partial charge in [-0.25, -0.2) is 18.2 Å². The molecule has 0 fully saturated rings. The van der Waals surface area contributed by atoms with E-state index in [0.717, 1.165) is 0 Å². The highest BCUT2D eigenvalue weighted by Gasteiger charge is 2.15. The molecule has 1 heterocycles. The number of halogens is 1. The van der Waals surface area contributed by atoms with E-state index >= 15 is 0 Å². The van der Waals surface area contributed by atoms with E-state index in [1.807, 2.05) is 0 Å². The van der Waals surface area contributed by atoms with Gasteiger partial charge in [-0.3, -0.25) is 4.72 Å². The van der Waals surface area contributed by atoms with Crippen LogP contribution in [0.3, 0.4) is 0 Å². The summed E-state index contributed by atoms with van der Waals surface area (Å²) in [6, 6.07) is 16.0. The second kappa shape index (κ2) is 8.25. The van der Waals surface area contributed by atoms with Crippen LogP contribution in [0.1, 0.15) is 21.6 Å². The number of hydrogen-bond acceptors (Lipinski definition) is 4. The van der Waals surface area contributed by atoms with Crippen LogP contribution in [-0.4, -0.2) is 24.5 Å². The highest BCUT2D eigenvalue weighted by atomic mass is 79.9. The molecule has 0 bridgehead atoms. The number of aromatic carboxylic acids is 1. The fourth-order valence-electron chi connectivity index (χ4n) is 2.25. The van der Waals surface area contributed by atoms with Crippen molar-refractivity contribution in [3.05, 3.63) is 88.2 Å². The van der Waals surface area contributed by atoms with Crippen molar-refractivity contribution < 1.29 is 18.3 Å². The van der Waals surface area contributed by atoms with Crippen molar-refractivity contribution >= 4 is 37.6 Å². The molecular formula is C20H13BrN2O4S. The summed E-state index contributed by atoms with van der Waals surface area (Å²) in [6.07, 6.45) is 1.35. The summed E-state index contributed by atoms with van der Waals surface area (Å²) in [5.74, 6) is 4.63. The zero-order chi connectivity index (χ0) is 20.1. The number of pyridine rings is 1. The number of sulfonamides is 1. The molecule has 8 heteroatoms. The Morgan fingerprint density at radius 2 is 1.82 bits per heavy atom. The lowest BCUT2D eigenvalue weighted by Gasteiger charge is -2.10. The standard InChI is InChI=1S/C20H13BrN2O4S/c21-16-5-3-6-17(12-16)28(26,27)23-18-7-2-1-4-15(18)10-8-14-9-11-19(20(24)25)22-13-14/h1-7,9,11-13,23H,(H,24,25). The minimum Gasteiger partial charge on any atom is -0.477 e. The Morgan fingerprint density at radius 1 is 1.04 bits per heavy atom. The Kier molecular flexibility index (Phi) is 5.78. The molecule has 0 aliphatic rings. The lowest BCUT2D eigenvalue weighted by Crippen LogP contribution is -2.13. The van der Waals surface area contributed by atoms with E-state index in [1.54, 1.807) is 36.4 Å². The van der Waals surface area contributed by atoms with E-state index in [2.05, 4.69) is 37.5 Å². The van der Waals surface area contributed by atoms with E-state index in [0.29, 0.717) is 21.3 Å². The number of nitrogens with zero attached hydrogens (tertiary/aromatic N) is 1. The van der Waals surface area contributed by atoms with Crippen LogP contribution in [-0.2, 0) is 10.0 Å². The molecule has 6 nitrogen and oxygen atoms in total. The molecule has 0 unspecified atom stereocenters. The number of aromatic nitrogens is 1. The number of para-hydroxylation sites is 1. The molecule has 0 aliphatic carbocycles. The molecule has 0 amide bonds. The average molecular weight is 457 g/mol. The van der Waals surface area contributed by atoms with Gasteiger partial charge in [0.25, 0.3) is 10.0 Å². The van der Waals surface area contributed by atoms with E-state index < -0.39 is 16.0 Å². The zero-order valence-corrected chi connectivity index (χ0v) is 16.7. The maximum atomic E-state index is 12.6. The lowest BCUT2D eigenvalue weighted by molar-refractivity contribution is 0.0690. The maximum Gasteiger partial charge on any atom is 0.354 e. The van der Waals surface area contributed by atoms with Gasteiger partial charge < -0.3 is 5.11 Å². The molecule has 28 heavy (non-hydrogen) atoms. The van der Waals surface area contributed by atoms with Gasteiger partial charge in [-0.15, -0.1) is 0 Å². The average Bonchev–Trinajstić information content (AvgIpc) is 2.67. The highest BCUT2D eigenvalue weighted by Crippen LogP contribution is 2.21. The lowest BCUT2D eigenvalue weighted by atomic mass is 10.1. The molecule has 140 valence electrons. The normalized spacial score (nSPS) is 10.6. The predicted octanol–water partition coefficient (Wildman–Crippen LogP) is 3.74. The molecule has 1 aromatic heterocycles. The van der Waals surface area contributed by atoms with Gasteiger partial charge >= 0.3 is 5.97 Å². The van der Waals surface area contributed by atoms with Gasteiger partial charge in [0.15, 0.2) is 0 Å². The fraction of sp³-hybridized carbons (Fsp3) is 0. The Bertz CT molecular complexity index is 1200. The third-order valence-corrected chi connectivity index (χ3v) is 5.46. The van der Waals surface area contributed by atoms with Crippen LogP contribution in [0, 0.1) is 11.8 Å². The van der Waals surface area contributed by atoms with Gasteiger partial charge in [0.2, 0.25) is 0 Å². The first-order valence-corrected chi connectivity index (χ1v) is 10.2. The maximum absolute atomic E-state index is 12.6. The van der Waals surface area contributed by atoms with E-state index in [-0.39, 0.29) is 10.6 Å². The smallest absolute Gasteiger partial charge is 0.354 e. The van der Waals surface area contributed by atoms with Crippen LogP contribution in [0.15, 0.2) is 76.2 Å². The third-order valence-electron chi connectivity index (χ3n) is 3.60. The minimum atomic E-state index is -3.78. The molecule has 0 atom stereocenters. The van der Waals surface area contributed by atoms with Gasteiger partial charge in [0, 0.05) is 21.8 Å². The number of nitrogens with one attached hydrogen (secondary N) is 1. The predicted molar refractivity (Wildman–Crippen MR) is 109 cm³/mol. The number of rotatable bonds is 4. The molecule has 0 saturated heterocycles. The van der Waals surface area contributed by atoms with Crippen LogP contribution in [0.25, 0.3) is 0 Å². The number of hydrogen-bond donors (Lipinski definition) is 2. The number of carboxylic acids is 1. The van der Waals surface area contributed by atoms with Crippen molar-refractivity contribution in [1.82, 2.24) is 4.98 Å². The highest BCUT2D eigenvalue weighted by molar-refractivity contribution is 9.10. The third kappa shape index (κ3) is 4.76. The van der Waals surface area contributed by atoms with Crippen molar-refractivity contribution in [1.29, 1.82) is 0 Å². The van der Waals surface area contributed by atoms with Crippen LogP contribution in [0.4, 0.5) is 5.69 Å². The van der Waals surface area contributed by atoms with E-state index in [9.17, 15) is 13.2 Å². The molecule has 0 saturated carbocycles. The second-order valence-corrected chi connectivity index (χ2v) is 8.19. The van der Waals surface area contributed by atoms with Gasteiger partial charge in [0.1, 0.15) is 5.69 Å². The van der Waals surface area contributed by atoms with E-state index in [4.69, 9.17) is 5.11 Å². The molecule has 3 aromatic rings. The molecule has 0 aliphatic heterocycles. The SMILES string of the molecule is O=C(O)c1ccc(C#Cc2ccccc2NS(=O)(=O)c2cccc(Br)c2)cn1. The van der Waals surface area contributed by atoms with Gasteiger partial charge in [-0.2, -0.15) is 0 Å². The van der Waals surface area contributed by atoms with Crippen LogP contribution in [0.2, 0.25) is 0 Å². The number of carbonyl (C=O) groups is 1. The first kappa shape index (κ1) is 19.6. The van der Waals surface area contributed by atoms with Crippen LogP contribution < -0.4 is 4.72 Å². The topological polar surface area (TPSA) is 96.4 Å². The van der Waals surface area contributed by atoms with Gasteiger partial charge in [0.05, 0.1) is 10.6 Å². The Labute approximate surface area is 170 Å². The van der Waals surface area contributed by atoms with Crippen molar-refractivity contribution in [2.24, 2.45) is 0 Å². The second-order valence-electron chi connectivity index (χ2n) is 5.60. The monoisotopic (exact) mass is 456 g/mol. The van der Waals surface area contributed by atoms with Crippen molar-refractivity contribution in [3.63, 3.8) is 0 Å². The van der Waals surface area contributed by atoms with E-state index in [1.165, 1.54) is 30.5 Å². The summed E-state index contributed by atoms with van der Waals surface area (Å²) in [6.45, 7) is 0. The number of anilines is 1. The van der Waals surface area contributed by atoms with Crippen molar-refractivity contribution in [2.75, 3.05) is 4.72 Å². The summed E-state index contributed by atoms with van der Waals surface area (Å²) >= 11 is 3.26. The first-order chi connectivity index (χ1) is 13.3. The molecule has 2 aromatic carbocycles. The minimum absolute atomic E-state index is 0.0762. The van der Waals surface area contributed by atoms with Gasteiger partial charge in [-0.1, -0.05) is 46.0 Å². The Hall–Kier alpha value is -3.15. The molecule has 0 radical (unpaired) electrons. The van der Waals surface area contributed by atoms with Crippen molar-refractivity contribution in [3.8, 4) is 11.8 Å². The first-order valence-electron chi connectivity index (χ1n) is 7.94. The molecule has 3 rings (SSSR count). The Balaban J connectivity index is 1.89. The Morgan fingerprint density at radius 3 is 2.50 bits per heavy atom. The zero-order valence-electron chi connectivity index (χ0n) is 14.3. The van der Waals surface area contributed by atoms with Crippen molar-refractivity contribution in [2.45, 2.75) is 4.90 Å². The fourth-order valence-corrected chi connectivity index (χ4v) is 3.93. The van der Waals surface area contributed by atoms with Gasteiger partial charge in [-0.05, 0) is 42.5 Å². The molecular weight excluding hydrogens is 444 g/mol. The summed E-state index contributed by atoms with van der Waals surface area (Å²) in [5, 5.41) is 8.87. The van der Waals surface area contributed by atoms with Crippen LogP contribution in [0.5, 0.6) is 0 Å². The van der Waals surface area contributed by atoms with Crippen LogP contribution >= 0.6 is 15.9 Å². The number of carboxylic acid groups (broad SMARTS) is 1. The summed E-state index contributed by atoms with van der Waals surface area (Å²) in [4.78, 5) is 14.8. The molecule has 2 N–H and O–H groups in total. The summed E-state index contributed by atoms with van der Waals surface area (Å²) < 4.78 is 28.5.